The molecule has 114 valence electrons. The molecule has 1 aliphatic heterocycles. The topological polar surface area (TPSA) is 77.8 Å². The van der Waals surface area contributed by atoms with Crippen molar-refractivity contribution in [3.63, 3.8) is 0 Å². The molecular weight excluding hydrogens is 270 g/mol. The number of hydrogen-bond acceptors (Lipinski definition) is 3. The van der Waals surface area contributed by atoms with Crippen molar-refractivity contribution in [1.82, 2.24) is 4.90 Å². The first kappa shape index (κ1) is 15.4. The lowest BCUT2D eigenvalue weighted by Crippen LogP contribution is -2.37. The van der Waals surface area contributed by atoms with E-state index in [1.165, 1.54) is 0 Å². The molecule has 5 heteroatoms. The fourth-order valence-electron chi connectivity index (χ4n) is 2.98. The number of rotatable bonds is 5. The van der Waals surface area contributed by atoms with Gasteiger partial charge in [0.15, 0.2) is 0 Å². The molecule has 21 heavy (non-hydrogen) atoms. The largest absolute Gasteiger partial charge is 0.508 e. The molecule has 1 aromatic rings. The first-order valence-corrected chi connectivity index (χ1v) is 7.26. The lowest BCUT2D eigenvalue weighted by atomic mass is 9.83. The standard InChI is InChI=1S/C16H21NO4/c1-2-7-16(15(20)21)8-9-17(11-16)14(19)10-12-5-3-4-6-13(12)18/h3-6,18H,2,7-11H2,1H3,(H,20,21). The third-order valence-corrected chi connectivity index (χ3v) is 4.22. The van der Waals surface area contributed by atoms with Gasteiger partial charge in [-0.2, -0.15) is 0 Å². The first-order chi connectivity index (χ1) is 9.98. The molecule has 0 aliphatic carbocycles. The van der Waals surface area contributed by atoms with Gasteiger partial charge in [-0.1, -0.05) is 31.5 Å². The van der Waals surface area contributed by atoms with Crippen LogP contribution in [0, 0.1) is 5.41 Å². The van der Waals surface area contributed by atoms with Crippen LogP contribution in [-0.4, -0.2) is 40.1 Å². The zero-order valence-electron chi connectivity index (χ0n) is 12.2. The Morgan fingerprint density at radius 2 is 2.05 bits per heavy atom. The monoisotopic (exact) mass is 291 g/mol. The predicted octanol–water partition coefficient (Wildman–Crippen LogP) is 2.04. The Balaban J connectivity index is 2.05. The van der Waals surface area contributed by atoms with E-state index >= 15 is 0 Å². The normalized spacial score (nSPS) is 21.5. The zero-order chi connectivity index (χ0) is 15.5. The lowest BCUT2D eigenvalue weighted by Gasteiger charge is -2.24. The molecule has 1 amide bonds. The SMILES string of the molecule is CCCC1(C(=O)O)CCN(C(=O)Cc2ccccc2O)C1. The van der Waals surface area contributed by atoms with Crippen molar-refractivity contribution in [3.8, 4) is 5.75 Å². The number of hydrogen-bond donors (Lipinski definition) is 2. The molecule has 1 fully saturated rings. The van der Waals surface area contributed by atoms with Gasteiger partial charge < -0.3 is 15.1 Å². The van der Waals surface area contributed by atoms with E-state index in [0.29, 0.717) is 24.9 Å². The summed E-state index contributed by atoms with van der Waals surface area (Å²) in [7, 11) is 0. The second-order valence-corrected chi connectivity index (χ2v) is 5.71. The van der Waals surface area contributed by atoms with E-state index in [1.807, 2.05) is 6.92 Å². The van der Waals surface area contributed by atoms with Crippen LogP contribution in [0.15, 0.2) is 24.3 Å². The molecular formula is C16H21NO4. The quantitative estimate of drug-likeness (QED) is 0.870. The lowest BCUT2D eigenvalue weighted by molar-refractivity contribution is -0.149. The van der Waals surface area contributed by atoms with Gasteiger partial charge in [0.1, 0.15) is 5.75 Å². The summed E-state index contributed by atoms with van der Waals surface area (Å²) in [5.41, 5.74) is -0.228. The summed E-state index contributed by atoms with van der Waals surface area (Å²) in [6.07, 6.45) is 1.98. The maximum absolute atomic E-state index is 12.3. The molecule has 1 aliphatic rings. The first-order valence-electron chi connectivity index (χ1n) is 7.26. The number of amides is 1. The Hall–Kier alpha value is -2.04. The average Bonchev–Trinajstić information content (AvgIpc) is 2.87. The summed E-state index contributed by atoms with van der Waals surface area (Å²) >= 11 is 0. The number of aromatic hydroxyl groups is 1. The van der Waals surface area contributed by atoms with E-state index in [1.54, 1.807) is 29.2 Å². The predicted molar refractivity (Wildman–Crippen MR) is 78.0 cm³/mol. The molecule has 1 unspecified atom stereocenters. The summed E-state index contributed by atoms with van der Waals surface area (Å²) in [5.74, 6) is -0.846. The van der Waals surface area contributed by atoms with E-state index < -0.39 is 11.4 Å². The Labute approximate surface area is 124 Å². The Morgan fingerprint density at radius 1 is 1.33 bits per heavy atom. The van der Waals surface area contributed by atoms with Crippen molar-refractivity contribution in [2.75, 3.05) is 13.1 Å². The number of para-hydroxylation sites is 1. The van der Waals surface area contributed by atoms with Gasteiger partial charge >= 0.3 is 5.97 Å². The average molecular weight is 291 g/mol. The van der Waals surface area contributed by atoms with Gasteiger partial charge in [-0.25, -0.2) is 0 Å². The molecule has 0 aromatic heterocycles. The van der Waals surface area contributed by atoms with Gasteiger partial charge in [0, 0.05) is 18.7 Å². The minimum absolute atomic E-state index is 0.100. The van der Waals surface area contributed by atoms with Crippen molar-refractivity contribution in [2.45, 2.75) is 32.6 Å². The van der Waals surface area contributed by atoms with Gasteiger partial charge in [-0.05, 0) is 18.9 Å². The van der Waals surface area contributed by atoms with Crippen molar-refractivity contribution < 1.29 is 19.8 Å². The van der Waals surface area contributed by atoms with Crippen molar-refractivity contribution >= 4 is 11.9 Å². The van der Waals surface area contributed by atoms with Crippen LogP contribution in [0.25, 0.3) is 0 Å². The molecule has 1 aromatic carbocycles. The molecule has 0 saturated carbocycles. The van der Waals surface area contributed by atoms with E-state index in [-0.39, 0.29) is 24.6 Å². The van der Waals surface area contributed by atoms with E-state index in [9.17, 15) is 19.8 Å². The maximum Gasteiger partial charge on any atom is 0.311 e. The van der Waals surface area contributed by atoms with Crippen LogP contribution in [0.5, 0.6) is 5.75 Å². The fraction of sp³-hybridized carbons (Fsp3) is 0.500. The maximum atomic E-state index is 12.3. The molecule has 5 nitrogen and oxygen atoms in total. The minimum Gasteiger partial charge on any atom is -0.508 e. The van der Waals surface area contributed by atoms with Crippen LogP contribution in [0.2, 0.25) is 0 Å². The number of carbonyl (C=O) groups is 2. The highest BCUT2D eigenvalue weighted by molar-refractivity contribution is 5.82. The summed E-state index contributed by atoms with van der Waals surface area (Å²) in [6, 6.07) is 6.73. The number of phenols is 1. The number of carbonyl (C=O) groups excluding carboxylic acids is 1. The van der Waals surface area contributed by atoms with Crippen LogP contribution in [-0.2, 0) is 16.0 Å². The fourth-order valence-corrected chi connectivity index (χ4v) is 2.98. The van der Waals surface area contributed by atoms with Gasteiger partial charge in [-0.3, -0.25) is 9.59 Å². The summed E-state index contributed by atoms with van der Waals surface area (Å²) in [5, 5.41) is 19.2. The van der Waals surface area contributed by atoms with E-state index in [2.05, 4.69) is 0 Å². The highest BCUT2D eigenvalue weighted by atomic mass is 16.4. The summed E-state index contributed by atoms with van der Waals surface area (Å²) in [4.78, 5) is 25.4. The molecule has 1 atom stereocenters. The summed E-state index contributed by atoms with van der Waals surface area (Å²) < 4.78 is 0. The smallest absolute Gasteiger partial charge is 0.311 e. The van der Waals surface area contributed by atoms with Gasteiger partial charge in [0.2, 0.25) is 5.91 Å². The van der Waals surface area contributed by atoms with Gasteiger partial charge in [-0.15, -0.1) is 0 Å². The van der Waals surface area contributed by atoms with E-state index in [0.717, 1.165) is 6.42 Å². The molecule has 2 rings (SSSR count). The molecule has 0 bridgehead atoms. The molecule has 1 heterocycles. The molecule has 0 spiro atoms. The minimum atomic E-state index is -0.817. The number of aliphatic carboxylic acids is 1. The van der Waals surface area contributed by atoms with Crippen molar-refractivity contribution in [2.24, 2.45) is 5.41 Å². The highest BCUT2D eigenvalue weighted by Gasteiger charge is 2.45. The molecule has 1 saturated heterocycles. The van der Waals surface area contributed by atoms with Crippen LogP contribution in [0.1, 0.15) is 31.7 Å². The zero-order valence-corrected chi connectivity index (χ0v) is 12.2. The van der Waals surface area contributed by atoms with Crippen LogP contribution < -0.4 is 0 Å². The second kappa shape index (κ2) is 6.16. The Bertz CT molecular complexity index is 543. The number of carboxylic acids is 1. The number of carboxylic acid groups (broad SMARTS) is 1. The van der Waals surface area contributed by atoms with Gasteiger partial charge in [0.05, 0.1) is 11.8 Å². The number of benzene rings is 1. The highest BCUT2D eigenvalue weighted by Crippen LogP contribution is 2.36. The van der Waals surface area contributed by atoms with Crippen LogP contribution in [0.3, 0.4) is 0 Å². The third kappa shape index (κ3) is 3.17. The number of phenolic OH excluding ortho intramolecular Hbond substituents is 1. The molecule has 2 N–H and O–H groups in total. The Kier molecular flexibility index (Phi) is 4.50. The second-order valence-electron chi connectivity index (χ2n) is 5.71. The van der Waals surface area contributed by atoms with E-state index in [4.69, 9.17) is 0 Å². The van der Waals surface area contributed by atoms with Crippen LogP contribution >= 0.6 is 0 Å². The number of nitrogens with zero attached hydrogens (tertiary/aromatic N) is 1. The summed E-state index contributed by atoms with van der Waals surface area (Å²) in [6.45, 7) is 2.69. The van der Waals surface area contributed by atoms with Crippen LogP contribution in [0.4, 0.5) is 0 Å². The Morgan fingerprint density at radius 3 is 2.67 bits per heavy atom. The number of likely N-dealkylation sites (tertiary alicyclic amines) is 1. The molecule has 0 radical (unpaired) electrons. The third-order valence-electron chi connectivity index (χ3n) is 4.22. The van der Waals surface area contributed by atoms with Crippen molar-refractivity contribution in [1.29, 1.82) is 0 Å². The van der Waals surface area contributed by atoms with Gasteiger partial charge in [0.25, 0.3) is 0 Å². The van der Waals surface area contributed by atoms with Crippen molar-refractivity contribution in [3.05, 3.63) is 29.8 Å².